The predicted octanol–water partition coefficient (Wildman–Crippen LogP) is 3.72. The van der Waals surface area contributed by atoms with Gasteiger partial charge in [0.05, 0.1) is 30.8 Å². The second-order valence-corrected chi connectivity index (χ2v) is 7.69. The first-order chi connectivity index (χ1) is 16.5. The Balaban J connectivity index is 1.56. The molecule has 9 heteroatoms. The summed E-state index contributed by atoms with van der Waals surface area (Å²) < 4.78 is 17.2. The second kappa shape index (κ2) is 8.36. The molecule has 0 aliphatic carbocycles. The van der Waals surface area contributed by atoms with Crippen molar-refractivity contribution in [2.24, 2.45) is 0 Å². The van der Waals surface area contributed by atoms with Crippen molar-refractivity contribution in [2.75, 3.05) is 14.2 Å². The summed E-state index contributed by atoms with van der Waals surface area (Å²) in [6.07, 6.45) is 0. The lowest BCUT2D eigenvalue weighted by atomic mass is 10.1. The van der Waals surface area contributed by atoms with Crippen molar-refractivity contribution >= 4 is 10.9 Å². The molecule has 3 aromatic carbocycles. The summed E-state index contributed by atoms with van der Waals surface area (Å²) in [5.41, 5.74) is 2.17. The number of ether oxygens (including phenoxy) is 2. The SMILES string of the molecule is COc1cc(OC)cc(-c2noc(-c3ccc4c(=O)n(-c5ccc(C)cc5)c(=O)[nH]c4c3)n2)c1. The van der Waals surface area contributed by atoms with Crippen molar-refractivity contribution < 1.29 is 14.0 Å². The van der Waals surface area contributed by atoms with E-state index in [2.05, 4.69) is 15.1 Å². The maximum absolute atomic E-state index is 13.1. The topological polar surface area (TPSA) is 112 Å². The Morgan fingerprint density at radius 1 is 0.882 bits per heavy atom. The second-order valence-electron chi connectivity index (χ2n) is 7.69. The fourth-order valence-electron chi connectivity index (χ4n) is 3.67. The number of hydrogen-bond donors (Lipinski definition) is 1. The summed E-state index contributed by atoms with van der Waals surface area (Å²) in [6, 6.07) is 17.4. The van der Waals surface area contributed by atoms with E-state index >= 15 is 0 Å². The fourth-order valence-corrected chi connectivity index (χ4v) is 3.67. The third kappa shape index (κ3) is 3.73. The molecule has 0 saturated carbocycles. The Hall–Kier alpha value is -4.66. The molecule has 0 spiro atoms. The number of aromatic nitrogens is 4. The molecule has 0 bridgehead atoms. The minimum Gasteiger partial charge on any atom is -0.497 e. The van der Waals surface area contributed by atoms with Crippen LogP contribution in [0.15, 0.2) is 74.8 Å². The standard InChI is InChI=1S/C25H20N4O5/c1-14-4-7-17(8-5-14)29-24(30)20-9-6-15(12-21(20)26-25(29)31)23-27-22(28-34-23)16-10-18(32-2)13-19(11-16)33-3/h4-13H,1-3H3,(H,26,31). The number of nitrogens with zero attached hydrogens (tertiary/aromatic N) is 3. The van der Waals surface area contributed by atoms with Crippen LogP contribution in [0.4, 0.5) is 0 Å². The molecule has 34 heavy (non-hydrogen) atoms. The number of methoxy groups -OCH3 is 2. The Morgan fingerprint density at radius 2 is 1.59 bits per heavy atom. The summed E-state index contributed by atoms with van der Waals surface area (Å²) in [7, 11) is 3.12. The largest absolute Gasteiger partial charge is 0.497 e. The van der Waals surface area contributed by atoms with E-state index in [0.717, 1.165) is 10.1 Å². The highest BCUT2D eigenvalue weighted by molar-refractivity contribution is 5.82. The van der Waals surface area contributed by atoms with Gasteiger partial charge in [0.25, 0.3) is 11.4 Å². The normalized spacial score (nSPS) is 11.0. The maximum atomic E-state index is 13.1. The number of hydrogen-bond acceptors (Lipinski definition) is 7. The first-order valence-corrected chi connectivity index (χ1v) is 10.4. The van der Waals surface area contributed by atoms with Gasteiger partial charge in [0, 0.05) is 17.2 Å². The van der Waals surface area contributed by atoms with E-state index in [-0.39, 0.29) is 5.89 Å². The highest BCUT2D eigenvalue weighted by Gasteiger charge is 2.15. The number of fused-ring (bicyclic) bond motifs is 1. The van der Waals surface area contributed by atoms with Crippen molar-refractivity contribution in [3.8, 4) is 40.0 Å². The molecule has 0 aliphatic heterocycles. The number of aryl methyl sites for hydroxylation is 1. The zero-order valence-electron chi connectivity index (χ0n) is 18.7. The summed E-state index contributed by atoms with van der Waals surface area (Å²) >= 11 is 0. The zero-order chi connectivity index (χ0) is 23.8. The molecule has 0 unspecified atom stereocenters. The van der Waals surface area contributed by atoms with E-state index in [4.69, 9.17) is 14.0 Å². The van der Waals surface area contributed by atoms with Crippen molar-refractivity contribution in [1.29, 1.82) is 0 Å². The predicted molar refractivity (Wildman–Crippen MR) is 127 cm³/mol. The van der Waals surface area contributed by atoms with Gasteiger partial charge >= 0.3 is 5.69 Å². The third-order valence-electron chi connectivity index (χ3n) is 5.47. The van der Waals surface area contributed by atoms with Crippen LogP contribution in [0.5, 0.6) is 11.5 Å². The Morgan fingerprint density at radius 3 is 2.26 bits per heavy atom. The van der Waals surface area contributed by atoms with Gasteiger partial charge < -0.3 is 19.0 Å². The van der Waals surface area contributed by atoms with Crippen molar-refractivity contribution in [3.05, 3.63) is 87.1 Å². The van der Waals surface area contributed by atoms with Crippen LogP contribution in [0.1, 0.15) is 5.56 Å². The Labute approximate surface area is 193 Å². The third-order valence-corrected chi connectivity index (χ3v) is 5.47. The lowest BCUT2D eigenvalue weighted by Crippen LogP contribution is -2.33. The van der Waals surface area contributed by atoms with E-state index < -0.39 is 11.2 Å². The van der Waals surface area contributed by atoms with E-state index in [0.29, 0.717) is 45.0 Å². The molecule has 5 rings (SSSR count). The number of aromatic amines is 1. The van der Waals surface area contributed by atoms with Gasteiger partial charge in [-0.25, -0.2) is 9.36 Å². The highest BCUT2D eigenvalue weighted by atomic mass is 16.5. The molecule has 1 N–H and O–H groups in total. The fraction of sp³-hybridized carbons (Fsp3) is 0.120. The van der Waals surface area contributed by atoms with Crippen molar-refractivity contribution in [3.63, 3.8) is 0 Å². The average Bonchev–Trinajstić information content (AvgIpc) is 3.35. The summed E-state index contributed by atoms with van der Waals surface area (Å²) in [4.78, 5) is 33.0. The molecule has 2 heterocycles. The Bertz CT molecular complexity index is 1610. The van der Waals surface area contributed by atoms with Crippen LogP contribution in [0.2, 0.25) is 0 Å². The molecular formula is C25H20N4O5. The molecule has 170 valence electrons. The molecule has 0 saturated heterocycles. The van der Waals surface area contributed by atoms with Gasteiger partial charge in [-0.2, -0.15) is 4.98 Å². The lowest BCUT2D eigenvalue weighted by Gasteiger charge is -2.07. The molecule has 0 atom stereocenters. The monoisotopic (exact) mass is 456 g/mol. The van der Waals surface area contributed by atoms with Crippen LogP contribution in [-0.4, -0.2) is 33.9 Å². The van der Waals surface area contributed by atoms with E-state index in [9.17, 15) is 9.59 Å². The van der Waals surface area contributed by atoms with Gasteiger partial charge in [0.2, 0.25) is 5.82 Å². The number of nitrogens with one attached hydrogen (secondary N) is 1. The smallest absolute Gasteiger partial charge is 0.333 e. The zero-order valence-corrected chi connectivity index (χ0v) is 18.7. The molecule has 9 nitrogen and oxygen atoms in total. The van der Waals surface area contributed by atoms with E-state index in [1.54, 1.807) is 62.8 Å². The Kier molecular flexibility index (Phi) is 5.21. The van der Waals surface area contributed by atoms with Crippen LogP contribution < -0.4 is 20.7 Å². The maximum Gasteiger partial charge on any atom is 0.333 e. The number of benzene rings is 3. The molecule has 0 fully saturated rings. The van der Waals surface area contributed by atoms with Crippen molar-refractivity contribution in [2.45, 2.75) is 6.92 Å². The summed E-state index contributed by atoms with van der Waals surface area (Å²) in [6.45, 7) is 1.94. The molecule has 0 radical (unpaired) electrons. The van der Waals surface area contributed by atoms with Crippen LogP contribution in [0.3, 0.4) is 0 Å². The number of H-pyrrole nitrogens is 1. The van der Waals surface area contributed by atoms with Crippen LogP contribution in [0, 0.1) is 6.92 Å². The summed E-state index contributed by atoms with van der Waals surface area (Å²) in [5.74, 6) is 1.76. The van der Waals surface area contributed by atoms with Gasteiger partial charge in [0.1, 0.15) is 11.5 Å². The van der Waals surface area contributed by atoms with E-state index in [1.165, 1.54) is 0 Å². The average molecular weight is 456 g/mol. The highest BCUT2D eigenvalue weighted by Crippen LogP contribution is 2.30. The molecule has 0 amide bonds. The van der Waals surface area contributed by atoms with Crippen LogP contribution >= 0.6 is 0 Å². The van der Waals surface area contributed by atoms with E-state index in [1.807, 2.05) is 19.1 Å². The van der Waals surface area contributed by atoms with Crippen LogP contribution in [0.25, 0.3) is 39.4 Å². The number of rotatable bonds is 5. The van der Waals surface area contributed by atoms with Crippen molar-refractivity contribution in [1.82, 2.24) is 19.7 Å². The lowest BCUT2D eigenvalue weighted by molar-refractivity contribution is 0.394. The minimum absolute atomic E-state index is 0.238. The quantitative estimate of drug-likeness (QED) is 0.429. The van der Waals surface area contributed by atoms with Gasteiger partial charge in [-0.1, -0.05) is 22.9 Å². The molecule has 0 aliphatic rings. The van der Waals surface area contributed by atoms with Gasteiger partial charge in [0.15, 0.2) is 0 Å². The molecule has 2 aromatic heterocycles. The van der Waals surface area contributed by atoms with Crippen LogP contribution in [-0.2, 0) is 0 Å². The first-order valence-electron chi connectivity index (χ1n) is 10.4. The van der Waals surface area contributed by atoms with Gasteiger partial charge in [-0.3, -0.25) is 4.79 Å². The first kappa shape index (κ1) is 21.2. The minimum atomic E-state index is -0.534. The van der Waals surface area contributed by atoms with Gasteiger partial charge in [-0.05, 0) is 49.4 Å². The summed E-state index contributed by atoms with van der Waals surface area (Å²) in [5, 5.41) is 4.42. The van der Waals surface area contributed by atoms with Gasteiger partial charge in [-0.15, -0.1) is 0 Å². The molecular weight excluding hydrogens is 436 g/mol. The molecule has 5 aromatic rings.